The van der Waals surface area contributed by atoms with E-state index in [1.54, 1.807) is 0 Å². The fraction of sp³-hybridized carbons (Fsp3) is 0.391. The van der Waals surface area contributed by atoms with Gasteiger partial charge in [-0.1, -0.05) is 6.07 Å². The number of amides is 2. The summed E-state index contributed by atoms with van der Waals surface area (Å²) < 4.78 is 11.4. The molecule has 0 fully saturated rings. The smallest absolute Gasteiger partial charge is 0.224 e. The number of nitrogens with one attached hydrogen (secondary N) is 2. The molecule has 2 amide bonds. The lowest BCUT2D eigenvalue weighted by atomic mass is 10.0. The molecule has 0 radical (unpaired) electrons. The Balaban J connectivity index is 1.29. The van der Waals surface area contributed by atoms with Crippen LogP contribution in [0.4, 0.5) is 5.69 Å². The van der Waals surface area contributed by atoms with Crippen LogP contribution in [0.5, 0.6) is 11.5 Å². The van der Waals surface area contributed by atoms with Gasteiger partial charge in [-0.2, -0.15) is 0 Å². The number of carbonyl (C=O) groups excluding carboxylic acids is 2. The fourth-order valence-electron chi connectivity index (χ4n) is 3.34. The first-order valence-corrected chi connectivity index (χ1v) is 10.0. The van der Waals surface area contributed by atoms with E-state index in [2.05, 4.69) is 16.7 Å². The number of anilines is 1. The Labute approximate surface area is 171 Å². The van der Waals surface area contributed by atoms with Crippen molar-refractivity contribution < 1.29 is 19.1 Å². The SMILES string of the molecule is Cc1cc(C)cc(OCCNC(=O)CCCOc2ccc3c(c2)CCC(=O)N3)c1. The van der Waals surface area contributed by atoms with Gasteiger partial charge in [0.15, 0.2) is 0 Å². The molecule has 0 bridgehead atoms. The molecule has 0 aliphatic carbocycles. The molecule has 0 saturated heterocycles. The molecule has 2 N–H and O–H groups in total. The molecular formula is C23H28N2O4. The Kier molecular flexibility index (Phi) is 7.11. The highest BCUT2D eigenvalue weighted by molar-refractivity contribution is 5.94. The lowest BCUT2D eigenvalue weighted by Gasteiger charge is -2.17. The van der Waals surface area contributed by atoms with Crippen molar-refractivity contribution in [2.45, 2.75) is 39.5 Å². The van der Waals surface area contributed by atoms with Crippen molar-refractivity contribution in [2.24, 2.45) is 0 Å². The van der Waals surface area contributed by atoms with E-state index < -0.39 is 0 Å². The Hall–Kier alpha value is -3.02. The second kappa shape index (κ2) is 9.96. The molecule has 2 aromatic rings. The summed E-state index contributed by atoms with van der Waals surface area (Å²) >= 11 is 0. The molecule has 1 aliphatic heterocycles. The van der Waals surface area contributed by atoms with Gasteiger partial charge >= 0.3 is 0 Å². The molecule has 0 saturated carbocycles. The number of ether oxygens (including phenoxy) is 2. The quantitative estimate of drug-likeness (QED) is 0.636. The molecule has 154 valence electrons. The van der Waals surface area contributed by atoms with Crippen LogP contribution in [-0.2, 0) is 16.0 Å². The average molecular weight is 396 g/mol. The zero-order valence-corrected chi connectivity index (χ0v) is 17.0. The number of fused-ring (bicyclic) bond motifs is 1. The van der Waals surface area contributed by atoms with Crippen LogP contribution < -0.4 is 20.1 Å². The molecule has 0 atom stereocenters. The maximum atomic E-state index is 11.9. The third-order valence-corrected chi connectivity index (χ3v) is 4.68. The van der Waals surface area contributed by atoms with E-state index in [1.165, 1.54) is 0 Å². The maximum Gasteiger partial charge on any atom is 0.224 e. The minimum absolute atomic E-state index is 0.00854. The first-order chi connectivity index (χ1) is 14.0. The van der Waals surface area contributed by atoms with E-state index in [4.69, 9.17) is 9.47 Å². The van der Waals surface area contributed by atoms with Gasteiger partial charge in [-0.05, 0) is 73.7 Å². The summed E-state index contributed by atoms with van der Waals surface area (Å²) in [4.78, 5) is 23.3. The number of benzene rings is 2. The van der Waals surface area contributed by atoms with Crippen molar-refractivity contribution in [3.63, 3.8) is 0 Å². The minimum Gasteiger partial charge on any atom is -0.494 e. The van der Waals surface area contributed by atoms with Crippen molar-refractivity contribution in [1.29, 1.82) is 0 Å². The molecule has 0 aromatic heterocycles. The Morgan fingerprint density at radius 2 is 1.76 bits per heavy atom. The molecule has 6 nitrogen and oxygen atoms in total. The zero-order valence-electron chi connectivity index (χ0n) is 17.0. The number of aryl methyl sites for hydroxylation is 3. The summed E-state index contributed by atoms with van der Waals surface area (Å²) in [5.74, 6) is 1.64. The first kappa shape index (κ1) is 20.7. The molecule has 0 spiro atoms. The lowest BCUT2D eigenvalue weighted by Crippen LogP contribution is -2.28. The van der Waals surface area contributed by atoms with Crippen LogP contribution in [-0.4, -0.2) is 31.6 Å². The predicted molar refractivity (Wildman–Crippen MR) is 113 cm³/mol. The summed E-state index contributed by atoms with van der Waals surface area (Å²) in [7, 11) is 0. The normalized spacial score (nSPS) is 12.7. The standard InChI is InChI=1S/C23H28N2O4/c1-16-12-17(2)14-20(13-16)29-11-9-24-22(26)4-3-10-28-19-6-7-21-18(15-19)5-8-23(27)25-21/h6-7,12-15H,3-5,8-11H2,1-2H3,(H,24,26)(H,25,27). The van der Waals surface area contributed by atoms with Gasteiger partial charge in [-0.25, -0.2) is 0 Å². The Morgan fingerprint density at radius 1 is 1.00 bits per heavy atom. The van der Waals surface area contributed by atoms with Crippen molar-refractivity contribution in [3.8, 4) is 11.5 Å². The molecule has 3 rings (SSSR count). The molecule has 1 aliphatic rings. The van der Waals surface area contributed by atoms with Crippen LogP contribution in [0.2, 0.25) is 0 Å². The highest BCUT2D eigenvalue weighted by Gasteiger charge is 2.15. The highest BCUT2D eigenvalue weighted by atomic mass is 16.5. The number of hydrogen-bond acceptors (Lipinski definition) is 4. The van der Waals surface area contributed by atoms with E-state index >= 15 is 0 Å². The summed E-state index contributed by atoms with van der Waals surface area (Å²) in [6.07, 6.45) is 2.27. The summed E-state index contributed by atoms with van der Waals surface area (Å²) in [5.41, 5.74) is 4.26. The van der Waals surface area contributed by atoms with Gasteiger partial charge in [0.25, 0.3) is 0 Å². The van der Waals surface area contributed by atoms with Crippen LogP contribution in [0.1, 0.15) is 36.0 Å². The zero-order chi connectivity index (χ0) is 20.6. The Bertz CT molecular complexity index is 859. The van der Waals surface area contributed by atoms with Gasteiger partial charge in [-0.3, -0.25) is 9.59 Å². The topological polar surface area (TPSA) is 76.7 Å². The second-order valence-corrected chi connectivity index (χ2v) is 7.34. The van der Waals surface area contributed by atoms with Gasteiger partial charge in [0.1, 0.15) is 18.1 Å². The van der Waals surface area contributed by atoms with E-state index in [1.807, 2.05) is 44.2 Å². The van der Waals surface area contributed by atoms with E-state index in [9.17, 15) is 9.59 Å². The van der Waals surface area contributed by atoms with Gasteiger partial charge in [0, 0.05) is 18.5 Å². The maximum absolute atomic E-state index is 11.9. The summed E-state index contributed by atoms with van der Waals surface area (Å²) in [5, 5.41) is 5.72. The molecule has 6 heteroatoms. The fourth-order valence-corrected chi connectivity index (χ4v) is 3.34. The van der Waals surface area contributed by atoms with E-state index in [0.29, 0.717) is 39.0 Å². The van der Waals surface area contributed by atoms with Crippen LogP contribution in [0.15, 0.2) is 36.4 Å². The van der Waals surface area contributed by atoms with Crippen molar-refractivity contribution in [3.05, 3.63) is 53.1 Å². The number of rotatable bonds is 9. The van der Waals surface area contributed by atoms with Crippen LogP contribution in [0, 0.1) is 13.8 Å². The second-order valence-electron chi connectivity index (χ2n) is 7.34. The van der Waals surface area contributed by atoms with Gasteiger partial charge in [0.05, 0.1) is 13.2 Å². The molecule has 1 heterocycles. The Morgan fingerprint density at radius 3 is 2.55 bits per heavy atom. The van der Waals surface area contributed by atoms with Crippen molar-refractivity contribution >= 4 is 17.5 Å². The van der Waals surface area contributed by atoms with Gasteiger partial charge < -0.3 is 20.1 Å². The third-order valence-electron chi connectivity index (χ3n) is 4.68. The van der Waals surface area contributed by atoms with Crippen molar-refractivity contribution in [2.75, 3.05) is 25.1 Å². The van der Waals surface area contributed by atoms with Crippen LogP contribution in [0.25, 0.3) is 0 Å². The van der Waals surface area contributed by atoms with Gasteiger partial charge in [-0.15, -0.1) is 0 Å². The molecule has 29 heavy (non-hydrogen) atoms. The van der Waals surface area contributed by atoms with Crippen molar-refractivity contribution in [1.82, 2.24) is 5.32 Å². The van der Waals surface area contributed by atoms with Crippen LogP contribution >= 0.6 is 0 Å². The third kappa shape index (κ3) is 6.52. The predicted octanol–water partition coefficient (Wildman–Crippen LogP) is 3.54. The van der Waals surface area contributed by atoms with Crippen LogP contribution in [0.3, 0.4) is 0 Å². The molecule has 2 aromatic carbocycles. The average Bonchev–Trinajstić information content (AvgIpc) is 2.68. The van der Waals surface area contributed by atoms with E-state index in [-0.39, 0.29) is 11.8 Å². The number of carbonyl (C=O) groups is 2. The molecular weight excluding hydrogens is 368 g/mol. The largest absolute Gasteiger partial charge is 0.494 e. The highest BCUT2D eigenvalue weighted by Crippen LogP contribution is 2.26. The summed E-state index contributed by atoms with van der Waals surface area (Å²) in [6, 6.07) is 11.7. The minimum atomic E-state index is -0.00854. The lowest BCUT2D eigenvalue weighted by molar-refractivity contribution is -0.121. The number of hydrogen-bond donors (Lipinski definition) is 2. The van der Waals surface area contributed by atoms with E-state index in [0.717, 1.165) is 40.3 Å². The summed E-state index contributed by atoms with van der Waals surface area (Å²) in [6.45, 7) is 5.45. The van der Waals surface area contributed by atoms with Gasteiger partial charge in [0.2, 0.25) is 11.8 Å². The monoisotopic (exact) mass is 396 g/mol. The molecule has 0 unspecified atom stereocenters. The first-order valence-electron chi connectivity index (χ1n) is 10.0.